The third-order valence-electron chi connectivity index (χ3n) is 14.3. The van der Waals surface area contributed by atoms with Gasteiger partial charge < -0.3 is 20.3 Å². The first-order valence-corrected chi connectivity index (χ1v) is 30.4. The van der Waals surface area contributed by atoms with Crippen LogP contribution in [0.1, 0.15) is 341 Å². The molecule has 67 heavy (non-hydrogen) atoms. The van der Waals surface area contributed by atoms with E-state index in [1.807, 2.05) is 0 Å². The number of allylic oxidation sites excluding steroid dienone is 2. The number of unbranched alkanes of at least 4 members (excludes halogenated alkanes) is 44. The lowest BCUT2D eigenvalue weighted by Gasteiger charge is -2.22. The van der Waals surface area contributed by atoms with Crippen LogP contribution in [-0.4, -0.2) is 47.4 Å². The third-order valence-corrected chi connectivity index (χ3v) is 14.3. The molecule has 0 saturated heterocycles. The van der Waals surface area contributed by atoms with E-state index in [4.69, 9.17) is 4.74 Å². The standard InChI is InChI=1S/C61H119NO5/c1-3-5-7-9-11-13-15-17-19-20-21-22-23-24-25-26-27-29-30-33-37-41-45-49-53-59(64)58(57-63)62-60(65)54-50-46-42-38-34-32-36-40-44-48-52-56-67-61(66)55-51-47-43-39-35-31-28-18-16-14-12-10-8-6-4-2/h18,28,58-59,63-64H,3-17,19-27,29-57H2,1-2H3,(H,62,65)/b28-18-. The monoisotopic (exact) mass is 946 g/mol. The normalized spacial score (nSPS) is 12.6. The molecule has 0 spiro atoms. The lowest BCUT2D eigenvalue weighted by atomic mass is 10.0. The summed E-state index contributed by atoms with van der Waals surface area (Å²) in [5.74, 6) is -0.0702. The number of amides is 1. The predicted octanol–water partition coefficient (Wildman–Crippen LogP) is 18.9. The second-order valence-electron chi connectivity index (χ2n) is 21.0. The Kier molecular flexibility index (Phi) is 56.0. The van der Waals surface area contributed by atoms with Gasteiger partial charge >= 0.3 is 5.97 Å². The van der Waals surface area contributed by atoms with Crippen LogP contribution in [0.5, 0.6) is 0 Å². The number of ether oxygens (including phenoxy) is 1. The van der Waals surface area contributed by atoms with Gasteiger partial charge in [-0.05, 0) is 51.4 Å². The van der Waals surface area contributed by atoms with Crippen LogP contribution in [0.3, 0.4) is 0 Å². The lowest BCUT2D eigenvalue weighted by molar-refractivity contribution is -0.143. The maximum absolute atomic E-state index is 12.5. The fraction of sp³-hybridized carbons (Fsp3) is 0.934. The van der Waals surface area contributed by atoms with Gasteiger partial charge in [-0.1, -0.05) is 289 Å². The molecule has 398 valence electrons. The number of carbonyl (C=O) groups excluding carboxylic acids is 2. The number of aliphatic hydroxyl groups excluding tert-OH is 2. The molecule has 0 bridgehead atoms. The van der Waals surface area contributed by atoms with Crippen molar-refractivity contribution in [3.05, 3.63) is 12.2 Å². The summed E-state index contributed by atoms with van der Waals surface area (Å²) in [6, 6.07) is -0.556. The van der Waals surface area contributed by atoms with Gasteiger partial charge in [-0.2, -0.15) is 0 Å². The maximum atomic E-state index is 12.5. The van der Waals surface area contributed by atoms with Crippen molar-refractivity contribution in [3.63, 3.8) is 0 Å². The Morgan fingerprint density at radius 3 is 1.06 bits per heavy atom. The number of nitrogens with one attached hydrogen (secondary N) is 1. The molecule has 1 amide bonds. The minimum atomic E-state index is -0.678. The van der Waals surface area contributed by atoms with Gasteiger partial charge in [0.25, 0.3) is 0 Å². The minimum absolute atomic E-state index is 0.0201. The number of esters is 1. The highest BCUT2D eigenvalue weighted by Crippen LogP contribution is 2.18. The van der Waals surface area contributed by atoms with Crippen molar-refractivity contribution in [2.75, 3.05) is 13.2 Å². The third kappa shape index (κ3) is 53.8. The van der Waals surface area contributed by atoms with Crippen LogP contribution in [0.4, 0.5) is 0 Å². The average molecular weight is 947 g/mol. The smallest absolute Gasteiger partial charge is 0.305 e. The molecule has 0 aliphatic heterocycles. The van der Waals surface area contributed by atoms with E-state index < -0.39 is 12.1 Å². The molecule has 0 heterocycles. The van der Waals surface area contributed by atoms with E-state index in [-0.39, 0.29) is 18.5 Å². The van der Waals surface area contributed by atoms with Crippen LogP contribution in [0.15, 0.2) is 12.2 Å². The Hall–Kier alpha value is -1.40. The molecule has 0 saturated carbocycles. The van der Waals surface area contributed by atoms with E-state index in [9.17, 15) is 19.8 Å². The van der Waals surface area contributed by atoms with Crippen LogP contribution in [-0.2, 0) is 14.3 Å². The van der Waals surface area contributed by atoms with Crippen LogP contribution in [0.2, 0.25) is 0 Å². The Labute approximate surface area is 419 Å². The maximum Gasteiger partial charge on any atom is 0.305 e. The highest BCUT2D eigenvalue weighted by molar-refractivity contribution is 5.76. The molecule has 0 radical (unpaired) electrons. The Bertz CT molecular complexity index is 1000. The first kappa shape index (κ1) is 65.6. The SMILES string of the molecule is CCCCCCCC/C=C\CCCCCCCC(=O)OCCCCCCCCCCCCCC(=O)NC(CO)C(O)CCCCCCCCCCCCCCCCCCCCCCCCCC. The van der Waals surface area contributed by atoms with Gasteiger partial charge in [0.1, 0.15) is 0 Å². The van der Waals surface area contributed by atoms with Crippen molar-refractivity contribution in [3.8, 4) is 0 Å². The summed E-state index contributed by atoms with van der Waals surface area (Å²) in [4.78, 5) is 24.6. The van der Waals surface area contributed by atoms with Crippen molar-refractivity contribution < 1.29 is 24.5 Å². The Morgan fingerprint density at radius 1 is 0.403 bits per heavy atom. The molecule has 0 aliphatic carbocycles. The van der Waals surface area contributed by atoms with Crippen molar-refractivity contribution >= 4 is 11.9 Å². The van der Waals surface area contributed by atoms with Gasteiger partial charge in [-0.25, -0.2) is 0 Å². The van der Waals surface area contributed by atoms with E-state index in [2.05, 4.69) is 31.3 Å². The van der Waals surface area contributed by atoms with Crippen LogP contribution in [0, 0.1) is 0 Å². The molecule has 0 aromatic heterocycles. The largest absolute Gasteiger partial charge is 0.466 e. The predicted molar refractivity (Wildman–Crippen MR) is 292 cm³/mol. The van der Waals surface area contributed by atoms with Gasteiger partial charge in [0.15, 0.2) is 0 Å². The van der Waals surface area contributed by atoms with Gasteiger partial charge in [0.2, 0.25) is 5.91 Å². The number of hydrogen-bond donors (Lipinski definition) is 3. The lowest BCUT2D eigenvalue weighted by Crippen LogP contribution is -2.45. The van der Waals surface area contributed by atoms with Crippen LogP contribution in [0.25, 0.3) is 0 Å². The Morgan fingerprint density at radius 2 is 0.701 bits per heavy atom. The topological polar surface area (TPSA) is 95.9 Å². The summed E-state index contributed by atoms with van der Waals surface area (Å²) in [5.41, 5.74) is 0. The van der Waals surface area contributed by atoms with Crippen molar-refractivity contribution in [1.29, 1.82) is 0 Å². The molecular formula is C61H119NO5. The van der Waals surface area contributed by atoms with E-state index in [1.165, 1.54) is 250 Å². The zero-order valence-corrected chi connectivity index (χ0v) is 45.4. The summed E-state index contributed by atoms with van der Waals surface area (Å²) in [5, 5.41) is 23.4. The summed E-state index contributed by atoms with van der Waals surface area (Å²) in [6.07, 6.45) is 67.8. The molecule has 6 heteroatoms. The number of hydrogen-bond acceptors (Lipinski definition) is 5. The fourth-order valence-electron chi connectivity index (χ4n) is 9.64. The summed E-state index contributed by atoms with van der Waals surface area (Å²) >= 11 is 0. The molecule has 0 aromatic rings. The Balaban J connectivity index is 3.45. The molecule has 0 aliphatic rings. The fourth-order valence-corrected chi connectivity index (χ4v) is 9.64. The minimum Gasteiger partial charge on any atom is -0.466 e. The molecule has 2 atom stereocenters. The summed E-state index contributed by atoms with van der Waals surface area (Å²) < 4.78 is 5.47. The number of rotatable bonds is 57. The zero-order valence-electron chi connectivity index (χ0n) is 45.4. The average Bonchev–Trinajstić information content (AvgIpc) is 3.33. The molecule has 3 N–H and O–H groups in total. The van der Waals surface area contributed by atoms with Crippen LogP contribution < -0.4 is 5.32 Å². The number of aliphatic hydroxyl groups is 2. The van der Waals surface area contributed by atoms with Gasteiger partial charge in [-0.15, -0.1) is 0 Å². The highest BCUT2D eigenvalue weighted by atomic mass is 16.5. The molecule has 0 aromatic carbocycles. The molecular weight excluding hydrogens is 827 g/mol. The first-order valence-electron chi connectivity index (χ1n) is 30.4. The quantitative estimate of drug-likeness (QED) is 0.0321. The second kappa shape index (κ2) is 57.2. The second-order valence-corrected chi connectivity index (χ2v) is 21.0. The highest BCUT2D eigenvalue weighted by Gasteiger charge is 2.20. The zero-order chi connectivity index (χ0) is 48.6. The first-order chi connectivity index (χ1) is 33.0. The molecule has 2 unspecified atom stereocenters. The van der Waals surface area contributed by atoms with E-state index in [0.717, 1.165) is 57.8 Å². The number of carbonyl (C=O) groups is 2. The van der Waals surface area contributed by atoms with E-state index >= 15 is 0 Å². The van der Waals surface area contributed by atoms with E-state index in [0.29, 0.717) is 25.9 Å². The van der Waals surface area contributed by atoms with Gasteiger partial charge in [0, 0.05) is 12.8 Å². The summed E-state index contributed by atoms with van der Waals surface area (Å²) in [6.45, 7) is 4.93. The van der Waals surface area contributed by atoms with Crippen LogP contribution >= 0.6 is 0 Å². The molecule has 0 fully saturated rings. The van der Waals surface area contributed by atoms with E-state index in [1.54, 1.807) is 0 Å². The van der Waals surface area contributed by atoms with Gasteiger partial charge in [-0.3, -0.25) is 9.59 Å². The van der Waals surface area contributed by atoms with Crippen molar-refractivity contribution in [2.24, 2.45) is 0 Å². The van der Waals surface area contributed by atoms with Gasteiger partial charge in [0.05, 0.1) is 25.4 Å². The van der Waals surface area contributed by atoms with Crippen molar-refractivity contribution in [2.45, 2.75) is 353 Å². The van der Waals surface area contributed by atoms with Crippen molar-refractivity contribution in [1.82, 2.24) is 5.32 Å². The molecule has 6 nitrogen and oxygen atoms in total. The molecule has 0 rings (SSSR count). The summed E-state index contributed by atoms with van der Waals surface area (Å²) in [7, 11) is 0.